The maximum atomic E-state index is 13.7. The first kappa shape index (κ1) is 41.7. The fourth-order valence-corrected chi connectivity index (χ4v) is 7.31. The molecule has 0 aromatic heterocycles. The van der Waals surface area contributed by atoms with Gasteiger partial charge < -0.3 is 38.6 Å². The van der Waals surface area contributed by atoms with Crippen molar-refractivity contribution in [1.29, 1.82) is 0 Å². The van der Waals surface area contributed by atoms with E-state index in [1.807, 2.05) is 73.6 Å². The molecule has 2 N–H and O–H groups in total. The highest BCUT2D eigenvalue weighted by Crippen LogP contribution is 2.46. The number of cyclic esters (lactones) is 1. The van der Waals surface area contributed by atoms with Gasteiger partial charge in [0.15, 0.2) is 5.79 Å². The second-order valence-corrected chi connectivity index (χ2v) is 14.3. The molecule has 1 saturated heterocycles. The van der Waals surface area contributed by atoms with E-state index >= 15 is 0 Å². The van der Waals surface area contributed by atoms with Crippen molar-refractivity contribution in [3.63, 3.8) is 0 Å². The van der Waals surface area contributed by atoms with E-state index in [4.69, 9.17) is 28.4 Å². The van der Waals surface area contributed by atoms with Crippen molar-refractivity contribution in [2.45, 2.75) is 111 Å². The largest absolute Gasteiger partial charge is 0.490 e. The molecule has 0 bridgehead atoms. The zero-order chi connectivity index (χ0) is 36.5. The van der Waals surface area contributed by atoms with E-state index in [9.17, 15) is 19.8 Å². The predicted octanol–water partition coefficient (Wildman–Crippen LogP) is 5.78. The molecule has 2 aliphatic heterocycles. The summed E-state index contributed by atoms with van der Waals surface area (Å²) < 4.78 is 35.3. The fourth-order valence-electron chi connectivity index (χ4n) is 7.31. The average molecular weight is 679 g/mol. The number of rotatable bonds is 9. The molecule has 2 aliphatic rings. The topological polar surface area (TPSA) is 130 Å². The van der Waals surface area contributed by atoms with Crippen LogP contribution in [0.5, 0.6) is 0 Å². The molecule has 1 fully saturated rings. The van der Waals surface area contributed by atoms with Gasteiger partial charge in [-0.25, -0.2) is 4.79 Å². The van der Waals surface area contributed by atoms with Gasteiger partial charge in [-0.15, -0.1) is 0 Å². The summed E-state index contributed by atoms with van der Waals surface area (Å²) in [4.78, 5) is 26.6. The summed E-state index contributed by atoms with van der Waals surface area (Å²) >= 11 is 0. The zero-order valence-electron chi connectivity index (χ0n) is 31.4. The van der Waals surface area contributed by atoms with Crippen LogP contribution in [0.4, 0.5) is 0 Å². The van der Waals surface area contributed by atoms with Crippen LogP contribution >= 0.6 is 0 Å². The lowest BCUT2D eigenvalue weighted by molar-refractivity contribution is -0.332. The van der Waals surface area contributed by atoms with Crippen LogP contribution in [0.25, 0.3) is 0 Å². The minimum absolute atomic E-state index is 0.00718. The smallest absolute Gasteiger partial charge is 0.373 e. The second-order valence-electron chi connectivity index (χ2n) is 14.3. The number of hydrogen-bond donors (Lipinski definition) is 2. The number of aliphatic hydroxyl groups excluding tert-OH is 2. The van der Waals surface area contributed by atoms with Crippen LogP contribution in [0.1, 0.15) is 75.2 Å². The van der Waals surface area contributed by atoms with E-state index in [-0.39, 0.29) is 47.9 Å². The van der Waals surface area contributed by atoms with Crippen molar-refractivity contribution in [2.24, 2.45) is 41.4 Å². The normalized spacial score (nSPS) is 38.6. The predicted molar refractivity (Wildman–Crippen MR) is 184 cm³/mol. The van der Waals surface area contributed by atoms with Crippen molar-refractivity contribution in [2.75, 3.05) is 28.4 Å². The summed E-state index contributed by atoms with van der Waals surface area (Å²) in [5, 5.41) is 23.0. The lowest BCUT2D eigenvalue weighted by atomic mass is 9.72. The van der Waals surface area contributed by atoms with E-state index in [0.717, 1.165) is 11.1 Å². The molecule has 48 heavy (non-hydrogen) atoms. The molecular formula is C38H62O10. The monoisotopic (exact) mass is 678 g/mol. The quantitative estimate of drug-likeness (QED) is 0.290. The standard InChI is InChI=1S/C38H62O10/c1-21(2)34-26(7)29(36(41)45-12)20-38(46-13,48-34)28(9)33(40)27(8)35-30(43-10)16-14-15-22(3)17-24(5)32(39)25(6)18-23(4)19-31(44-11)37(42)47-35/h14-16,18-19,21,24-30,32-35,39-40H,17,20H2,1-13H3/b16-14+,22-15+,23-18+,31-19-/t24-,25+,26-,27-,28-,29+,30-,32-,33+,34+,35+,38+/m0/s1. The number of carbonyl (C=O) groups excluding carboxylic acids is 2. The molecule has 0 aromatic rings. The third kappa shape index (κ3) is 10.0. The Bertz CT molecular complexity index is 1190. The molecule has 0 aliphatic carbocycles. The molecule has 0 unspecified atom stereocenters. The Kier molecular flexibility index (Phi) is 16.0. The molecule has 0 amide bonds. The van der Waals surface area contributed by atoms with Gasteiger partial charge in [0.1, 0.15) is 12.2 Å². The summed E-state index contributed by atoms with van der Waals surface area (Å²) in [6.45, 7) is 17.4. The third-order valence-electron chi connectivity index (χ3n) is 10.4. The Hall–Kier alpha value is -2.50. The molecule has 10 nitrogen and oxygen atoms in total. The van der Waals surface area contributed by atoms with Crippen LogP contribution in [0, 0.1) is 41.4 Å². The maximum Gasteiger partial charge on any atom is 0.373 e. The van der Waals surface area contributed by atoms with Crippen molar-refractivity contribution in [3.8, 4) is 0 Å². The second kappa shape index (κ2) is 18.5. The molecule has 2 heterocycles. The molecular weight excluding hydrogens is 616 g/mol. The number of aliphatic hydroxyl groups is 2. The van der Waals surface area contributed by atoms with Gasteiger partial charge in [0.05, 0.1) is 38.4 Å². The molecule has 10 heteroatoms. The lowest BCUT2D eigenvalue weighted by Crippen LogP contribution is -2.59. The Labute approximate surface area is 288 Å². The molecule has 0 aromatic carbocycles. The van der Waals surface area contributed by atoms with Crippen LogP contribution in [0.3, 0.4) is 0 Å². The number of methoxy groups -OCH3 is 4. The SMILES string of the molecule is COC(=O)[C@@H]1C[C@](OC)([C@@H](C)[C@H](O)[C@H](C)[C@H]2OC(=O)/C(OC)=C/C(C)=C/[C@@H](C)[C@@H](O)[C@@H](C)C/C(C)=C/C=C/[C@@H]2OC)O[C@H](C(C)C)[C@H]1C. The number of allylic oxidation sites excluding steroid dienone is 5. The van der Waals surface area contributed by atoms with E-state index in [2.05, 4.69) is 0 Å². The Morgan fingerprint density at radius 1 is 1.04 bits per heavy atom. The summed E-state index contributed by atoms with van der Waals surface area (Å²) in [6, 6.07) is 0. The van der Waals surface area contributed by atoms with Crippen LogP contribution in [-0.4, -0.2) is 86.9 Å². The number of hydrogen-bond acceptors (Lipinski definition) is 10. The fraction of sp³-hybridized carbons (Fsp3) is 0.737. The van der Waals surface area contributed by atoms with E-state index in [1.54, 1.807) is 19.1 Å². The average Bonchev–Trinajstić information content (AvgIpc) is 3.05. The highest BCUT2D eigenvalue weighted by Gasteiger charge is 2.55. The van der Waals surface area contributed by atoms with E-state index < -0.39 is 53.9 Å². The molecule has 0 saturated carbocycles. The first-order valence-electron chi connectivity index (χ1n) is 17.2. The lowest BCUT2D eigenvalue weighted by Gasteiger charge is -2.51. The van der Waals surface area contributed by atoms with Gasteiger partial charge in [-0.05, 0) is 44.1 Å². The van der Waals surface area contributed by atoms with Crippen molar-refractivity contribution in [1.82, 2.24) is 0 Å². The Morgan fingerprint density at radius 3 is 2.23 bits per heavy atom. The summed E-state index contributed by atoms with van der Waals surface area (Å²) in [5.41, 5.74) is 1.80. The Balaban J connectivity index is 2.61. The van der Waals surface area contributed by atoms with Gasteiger partial charge in [-0.3, -0.25) is 4.79 Å². The van der Waals surface area contributed by atoms with Crippen molar-refractivity contribution < 1.29 is 48.2 Å². The van der Waals surface area contributed by atoms with Gasteiger partial charge in [-0.2, -0.15) is 0 Å². The van der Waals surface area contributed by atoms with Gasteiger partial charge in [0.25, 0.3) is 0 Å². The van der Waals surface area contributed by atoms with Crippen LogP contribution in [0.2, 0.25) is 0 Å². The van der Waals surface area contributed by atoms with E-state index in [0.29, 0.717) is 6.42 Å². The summed E-state index contributed by atoms with van der Waals surface area (Å²) in [7, 11) is 5.80. The molecule has 0 radical (unpaired) electrons. The van der Waals surface area contributed by atoms with Crippen molar-refractivity contribution >= 4 is 11.9 Å². The van der Waals surface area contributed by atoms with E-state index in [1.165, 1.54) is 28.4 Å². The van der Waals surface area contributed by atoms with Gasteiger partial charge in [-0.1, -0.05) is 83.9 Å². The minimum Gasteiger partial charge on any atom is -0.490 e. The Morgan fingerprint density at radius 2 is 1.69 bits per heavy atom. The first-order valence-corrected chi connectivity index (χ1v) is 17.2. The third-order valence-corrected chi connectivity index (χ3v) is 10.4. The molecule has 274 valence electrons. The number of ether oxygens (including phenoxy) is 6. The van der Waals surface area contributed by atoms with Crippen LogP contribution in [0.15, 0.2) is 47.3 Å². The summed E-state index contributed by atoms with van der Waals surface area (Å²) in [6.07, 6.45) is 6.17. The van der Waals surface area contributed by atoms with Crippen LogP contribution in [-0.2, 0) is 38.0 Å². The first-order chi connectivity index (χ1) is 22.5. The number of esters is 2. The molecule has 2 rings (SSSR count). The van der Waals surface area contributed by atoms with Crippen LogP contribution < -0.4 is 0 Å². The highest BCUT2D eigenvalue weighted by atomic mass is 16.7. The highest BCUT2D eigenvalue weighted by molar-refractivity contribution is 5.87. The maximum absolute atomic E-state index is 13.7. The van der Waals surface area contributed by atoms with Gasteiger partial charge >= 0.3 is 11.9 Å². The van der Waals surface area contributed by atoms with Gasteiger partial charge in [0, 0.05) is 38.4 Å². The summed E-state index contributed by atoms with van der Waals surface area (Å²) in [5.74, 6) is -4.57. The van der Waals surface area contributed by atoms with Crippen molar-refractivity contribution in [3.05, 3.63) is 47.3 Å². The molecule has 0 spiro atoms. The zero-order valence-corrected chi connectivity index (χ0v) is 31.4. The van der Waals surface area contributed by atoms with Gasteiger partial charge in [0.2, 0.25) is 5.76 Å². The number of carbonyl (C=O) groups is 2. The minimum atomic E-state index is -1.33. The molecule has 12 atom stereocenters.